The predicted molar refractivity (Wildman–Crippen MR) is 67.1 cm³/mol. The van der Waals surface area contributed by atoms with Crippen LogP contribution < -0.4 is 0 Å². The van der Waals surface area contributed by atoms with Crippen LogP contribution in [0.15, 0.2) is 24.3 Å². The Bertz CT molecular complexity index is 464. The van der Waals surface area contributed by atoms with Crippen LogP contribution in [0.25, 0.3) is 0 Å². The average molecular weight is 265 g/mol. The Hall–Kier alpha value is -1.05. The van der Waals surface area contributed by atoms with Crippen molar-refractivity contribution in [1.82, 2.24) is 0 Å². The molecule has 0 atom stereocenters. The molecule has 18 heavy (non-hydrogen) atoms. The molecule has 3 heterocycles. The van der Waals surface area contributed by atoms with Crippen LogP contribution in [0.4, 0.5) is 0 Å². The minimum Gasteiger partial charge on any atom is -0.323 e. The molecule has 3 aliphatic heterocycles. The van der Waals surface area contributed by atoms with Crippen molar-refractivity contribution in [1.29, 1.82) is 0 Å². The first kappa shape index (κ1) is 12.0. The van der Waals surface area contributed by atoms with Crippen molar-refractivity contribution in [3.8, 4) is 12.3 Å². The molecule has 4 rings (SSSR count). The Morgan fingerprint density at radius 2 is 1.67 bits per heavy atom. The molecule has 3 saturated heterocycles. The zero-order chi connectivity index (χ0) is 12.6. The van der Waals surface area contributed by atoms with E-state index in [2.05, 4.69) is 5.92 Å². The van der Waals surface area contributed by atoms with Crippen LogP contribution in [0.2, 0.25) is 0 Å². The fourth-order valence-corrected chi connectivity index (χ4v) is 2.36. The lowest BCUT2D eigenvalue weighted by Gasteiger charge is -2.51. The molecule has 0 N–H and O–H groups in total. The first-order chi connectivity index (χ1) is 8.72. The highest BCUT2D eigenvalue weighted by Gasteiger charge is 2.53. The summed E-state index contributed by atoms with van der Waals surface area (Å²) >= 11 is 5.93. The third kappa shape index (κ3) is 1.73. The molecule has 0 saturated carbocycles. The van der Waals surface area contributed by atoms with Gasteiger partial charge in [0.15, 0.2) is 0 Å². The summed E-state index contributed by atoms with van der Waals surface area (Å²) in [4.78, 5) is 0. The molecular formula is C14H13ClO3. The highest BCUT2D eigenvalue weighted by Crippen LogP contribution is 2.44. The van der Waals surface area contributed by atoms with Crippen molar-refractivity contribution in [2.24, 2.45) is 5.41 Å². The third-order valence-corrected chi connectivity index (χ3v) is 3.96. The maximum atomic E-state index is 5.93. The molecule has 4 heteroatoms. The van der Waals surface area contributed by atoms with Gasteiger partial charge in [0.05, 0.1) is 25.2 Å². The first-order valence-electron chi connectivity index (χ1n) is 5.77. The average Bonchev–Trinajstić information content (AvgIpc) is 2.49. The number of hydrogen-bond acceptors (Lipinski definition) is 3. The lowest BCUT2D eigenvalue weighted by Crippen LogP contribution is -2.59. The Morgan fingerprint density at radius 3 is 2.11 bits per heavy atom. The molecule has 0 aliphatic carbocycles. The van der Waals surface area contributed by atoms with Gasteiger partial charge in [-0.15, -0.1) is 18.0 Å². The Kier molecular flexibility index (Phi) is 2.84. The van der Waals surface area contributed by atoms with E-state index in [0.29, 0.717) is 25.7 Å². The van der Waals surface area contributed by atoms with Gasteiger partial charge >= 0.3 is 5.97 Å². The number of fused-ring (bicyclic) bond motifs is 3. The smallest absolute Gasteiger partial charge is 0.312 e. The lowest BCUT2D eigenvalue weighted by molar-refractivity contribution is -0.476. The van der Waals surface area contributed by atoms with Gasteiger partial charge in [0, 0.05) is 17.0 Å². The molecule has 0 aromatic heterocycles. The zero-order valence-electron chi connectivity index (χ0n) is 9.82. The summed E-state index contributed by atoms with van der Waals surface area (Å²) < 4.78 is 17.2. The number of hydrogen-bond donors (Lipinski definition) is 0. The van der Waals surface area contributed by atoms with Gasteiger partial charge in [0.1, 0.15) is 0 Å². The fourth-order valence-electron chi connectivity index (χ4n) is 2.13. The molecule has 3 nitrogen and oxygen atoms in total. The highest BCUT2D eigenvalue weighted by molar-refractivity contribution is 6.18. The van der Waals surface area contributed by atoms with Crippen molar-refractivity contribution < 1.29 is 14.2 Å². The molecule has 3 aliphatic rings. The van der Waals surface area contributed by atoms with Gasteiger partial charge < -0.3 is 14.2 Å². The lowest BCUT2D eigenvalue weighted by atomic mass is 9.90. The van der Waals surface area contributed by atoms with E-state index in [0.717, 1.165) is 11.1 Å². The SMILES string of the molecule is C#Cc1ccc(C23OCC(CCl)(CO2)CO3)cc1. The summed E-state index contributed by atoms with van der Waals surface area (Å²) in [7, 11) is 0. The van der Waals surface area contributed by atoms with E-state index in [1.807, 2.05) is 24.3 Å². The maximum absolute atomic E-state index is 5.93. The molecular weight excluding hydrogens is 252 g/mol. The van der Waals surface area contributed by atoms with E-state index in [4.69, 9.17) is 32.2 Å². The van der Waals surface area contributed by atoms with Crippen molar-refractivity contribution in [2.45, 2.75) is 5.97 Å². The van der Waals surface area contributed by atoms with Crippen LogP contribution in [-0.2, 0) is 20.2 Å². The summed E-state index contributed by atoms with van der Waals surface area (Å²) in [5.74, 6) is 1.96. The number of ether oxygens (including phenoxy) is 3. The minimum absolute atomic E-state index is 0.206. The number of terminal acetylenes is 1. The third-order valence-electron chi connectivity index (χ3n) is 3.39. The molecule has 0 radical (unpaired) electrons. The molecule has 0 spiro atoms. The second-order valence-electron chi connectivity index (χ2n) is 4.78. The minimum atomic E-state index is -1.08. The normalized spacial score (nSPS) is 34.2. The summed E-state index contributed by atoms with van der Waals surface area (Å²) in [5, 5.41) is 0. The molecule has 1 aromatic carbocycles. The van der Waals surface area contributed by atoms with E-state index >= 15 is 0 Å². The Balaban J connectivity index is 1.87. The standard InChI is InChI=1S/C14H13ClO3/c1-2-11-3-5-12(6-4-11)14-16-8-13(7-15,9-17-14)10-18-14/h1,3-6H,7-10H2. The van der Waals surface area contributed by atoms with E-state index in [1.165, 1.54) is 0 Å². The Morgan fingerprint density at radius 1 is 1.11 bits per heavy atom. The van der Waals surface area contributed by atoms with Gasteiger partial charge in [-0.1, -0.05) is 5.92 Å². The van der Waals surface area contributed by atoms with Gasteiger partial charge in [-0.3, -0.25) is 0 Å². The number of benzene rings is 1. The topological polar surface area (TPSA) is 27.7 Å². The Labute approximate surface area is 111 Å². The fraction of sp³-hybridized carbons (Fsp3) is 0.429. The van der Waals surface area contributed by atoms with Crippen LogP contribution in [0.1, 0.15) is 11.1 Å². The molecule has 0 unspecified atom stereocenters. The van der Waals surface area contributed by atoms with Gasteiger partial charge in [-0.2, -0.15) is 0 Å². The number of halogens is 1. The summed E-state index contributed by atoms with van der Waals surface area (Å²) in [5.41, 5.74) is 1.43. The summed E-state index contributed by atoms with van der Waals surface area (Å²) in [6, 6.07) is 7.43. The quantitative estimate of drug-likeness (QED) is 0.605. The summed E-state index contributed by atoms with van der Waals surface area (Å²) in [6.45, 7) is 1.65. The van der Waals surface area contributed by atoms with Crippen molar-refractivity contribution in [2.75, 3.05) is 25.7 Å². The largest absolute Gasteiger partial charge is 0.323 e. The van der Waals surface area contributed by atoms with Gasteiger partial charge in [-0.05, 0) is 24.3 Å². The highest BCUT2D eigenvalue weighted by atomic mass is 35.5. The van der Waals surface area contributed by atoms with E-state index in [1.54, 1.807) is 0 Å². The van der Waals surface area contributed by atoms with Crippen LogP contribution in [-0.4, -0.2) is 25.7 Å². The van der Waals surface area contributed by atoms with Crippen LogP contribution in [0.3, 0.4) is 0 Å². The molecule has 0 amide bonds. The van der Waals surface area contributed by atoms with Crippen LogP contribution >= 0.6 is 11.6 Å². The molecule has 94 valence electrons. The first-order valence-corrected chi connectivity index (χ1v) is 6.30. The van der Waals surface area contributed by atoms with Crippen LogP contribution in [0, 0.1) is 17.8 Å². The predicted octanol–water partition coefficient (Wildman–Crippen LogP) is 2.08. The van der Waals surface area contributed by atoms with E-state index in [-0.39, 0.29) is 5.41 Å². The second kappa shape index (κ2) is 4.25. The maximum Gasteiger partial charge on any atom is 0.312 e. The number of alkyl halides is 1. The van der Waals surface area contributed by atoms with Gasteiger partial charge in [0.2, 0.25) is 0 Å². The zero-order valence-corrected chi connectivity index (χ0v) is 10.6. The second-order valence-corrected chi connectivity index (χ2v) is 5.04. The van der Waals surface area contributed by atoms with Crippen LogP contribution in [0.5, 0.6) is 0 Å². The van der Waals surface area contributed by atoms with Crippen molar-refractivity contribution in [3.63, 3.8) is 0 Å². The molecule has 1 aromatic rings. The van der Waals surface area contributed by atoms with Gasteiger partial charge in [-0.25, -0.2) is 0 Å². The van der Waals surface area contributed by atoms with Crippen molar-refractivity contribution >= 4 is 11.6 Å². The molecule has 3 fully saturated rings. The molecule has 2 bridgehead atoms. The monoisotopic (exact) mass is 264 g/mol. The summed E-state index contributed by atoms with van der Waals surface area (Å²) in [6.07, 6.45) is 5.33. The number of rotatable bonds is 2. The van der Waals surface area contributed by atoms with E-state index in [9.17, 15) is 0 Å². The van der Waals surface area contributed by atoms with Gasteiger partial charge in [0.25, 0.3) is 0 Å². The van der Waals surface area contributed by atoms with E-state index < -0.39 is 5.97 Å². The van der Waals surface area contributed by atoms with Crippen molar-refractivity contribution in [3.05, 3.63) is 35.4 Å².